The minimum absolute atomic E-state index is 0.00693. The van der Waals surface area contributed by atoms with Crippen molar-refractivity contribution in [2.75, 3.05) is 23.3 Å². The minimum Gasteiger partial charge on any atom is -0.354 e. The molecule has 7 nitrogen and oxygen atoms in total. The number of piperidine rings is 1. The maximum absolute atomic E-state index is 12.4. The molecule has 1 amide bonds. The van der Waals surface area contributed by atoms with E-state index in [1.807, 2.05) is 6.07 Å². The highest BCUT2D eigenvalue weighted by Gasteiger charge is 2.26. The zero-order chi connectivity index (χ0) is 16.2. The summed E-state index contributed by atoms with van der Waals surface area (Å²) in [6.45, 7) is 1.43. The molecule has 2 aromatic rings. The molecule has 0 saturated carbocycles. The highest BCUT2D eigenvalue weighted by atomic mass is 16.2. The number of nitrogens with one attached hydrogen (secondary N) is 1. The predicted octanol–water partition coefficient (Wildman–Crippen LogP) is 1.03. The lowest BCUT2D eigenvalue weighted by molar-refractivity contribution is -0.120. The second-order valence-corrected chi connectivity index (χ2v) is 5.67. The highest BCUT2D eigenvalue weighted by molar-refractivity contribution is 5.92. The zero-order valence-electron chi connectivity index (χ0n) is 13.0. The van der Waals surface area contributed by atoms with Crippen LogP contribution in [0.2, 0.25) is 0 Å². The summed E-state index contributed by atoms with van der Waals surface area (Å²) in [4.78, 5) is 29.9. The average Bonchev–Trinajstić information content (AvgIpc) is 2.58. The standard InChI is InChI=1S/C16H19N5O2/c1-20-15(22)7-6-14(19-20)21-9-3-4-12(11-21)16(23)18-13-5-2-8-17-10-13/h2,5-8,10,12H,3-4,9,11H2,1H3,(H,18,23)/t12-/m1/s1. The summed E-state index contributed by atoms with van der Waals surface area (Å²) in [5.74, 6) is 0.612. The van der Waals surface area contributed by atoms with Crippen molar-refractivity contribution in [3.05, 3.63) is 47.0 Å². The van der Waals surface area contributed by atoms with Crippen LogP contribution in [0.15, 0.2) is 41.5 Å². The third kappa shape index (κ3) is 3.56. The molecule has 0 aromatic carbocycles. The van der Waals surface area contributed by atoms with E-state index in [0.29, 0.717) is 12.2 Å². The van der Waals surface area contributed by atoms with Crippen LogP contribution in [0.4, 0.5) is 11.5 Å². The number of nitrogens with zero attached hydrogens (tertiary/aromatic N) is 4. The van der Waals surface area contributed by atoms with Gasteiger partial charge < -0.3 is 10.2 Å². The molecule has 1 aliphatic heterocycles. The Bertz CT molecular complexity index is 744. The molecule has 2 aromatic heterocycles. The lowest BCUT2D eigenvalue weighted by Gasteiger charge is -2.32. The van der Waals surface area contributed by atoms with Crippen LogP contribution in [0.3, 0.4) is 0 Å². The van der Waals surface area contributed by atoms with Crippen molar-refractivity contribution >= 4 is 17.4 Å². The van der Waals surface area contributed by atoms with Crippen molar-refractivity contribution in [3.8, 4) is 0 Å². The van der Waals surface area contributed by atoms with Crippen LogP contribution in [0.5, 0.6) is 0 Å². The number of pyridine rings is 1. The summed E-state index contributed by atoms with van der Waals surface area (Å²) in [6, 6.07) is 6.82. The molecule has 0 bridgehead atoms. The molecule has 1 aliphatic rings. The summed E-state index contributed by atoms with van der Waals surface area (Å²) >= 11 is 0. The number of amides is 1. The Hall–Kier alpha value is -2.70. The molecule has 0 radical (unpaired) electrons. The monoisotopic (exact) mass is 313 g/mol. The van der Waals surface area contributed by atoms with Gasteiger partial charge in [0, 0.05) is 32.4 Å². The Balaban J connectivity index is 1.69. The number of rotatable bonds is 3. The van der Waals surface area contributed by atoms with Crippen LogP contribution >= 0.6 is 0 Å². The topological polar surface area (TPSA) is 80.1 Å². The first kappa shape index (κ1) is 15.2. The fourth-order valence-electron chi connectivity index (χ4n) is 2.74. The van der Waals surface area contributed by atoms with Gasteiger partial charge in [0.1, 0.15) is 5.82 Å². The first-order valence-corrected chi connectivity index (χ1v) is 7.64. The van der Waals surface area contributed by atoms with Crippen molar-refractivity contribution < 1.29 is 4.79 Å². The molecule has 23 heavy (non-hydrogen) atoms. The van der Waals surface area contributed by atoms with Gasteiger partial charge in [-0.1, -0.05) is 0 Å². The number of carbonyl (C=O) groups excluding carboxylic acids is 1. The van der Waals surface area contributed by atoms with Crippen molar-refractivity contribution in [1.82, 2.24) is 14.8 Å². The van der Waals surface area contributed by atoms with E-state index in [9.17, 15) is 9.59 Å². The van der Waals surface area contributed by atoms with Gasteiger partial charge in [0.25, 0.3) is 5.56 Å². The Labute approximate surface area is 134 Å². The smallest absolute Gasteiger partial charge is 0.266 e. The van der Waals surface area contributed by atoms with Gasteiger partial charge >= 0.3 is 0 Å². The molecule has 1 saturated heterocycles. The lowest BCUT2D eigenvalue weighted by atomic mass is 9.97. The van der Waals surface area contributed by atoms with Crippen LogP contribution in [0, 0.1) is 5.92 Å². The van der Waals surface area contributed by atoms with Gasteiger partial charge in [0.05, 0.1) is 17.8 Å². The fourth-order valence-corrected chi connectivity index (χ4v) is 2.74. The van der Waals surface area contributed by atoms with Crippen LogP contribution in [-0.4, -0.2) is 33.8 Å². The van der Waals surface area contributed by atoms with Gasteiger partial charge in [-0.25, -0.2) is 4.68 Å². The largest absolute Gasteiger partial charge is 0.354 e. The summed E-state index contributed by atoms with van der Waals surface area (Å²) in [5.41, 5.74) is 0.562. The summed E-state index contributed by atoms with van der Waals surface area (Å²) in [7, 11) is 1.63. The van der Waals surface area contributed by atoms with Crippen LogP contribution < -0.4 is 15.8 Å². The number of aromatic nitrogens is 3. The first-order chi connectivity index (χ1) is 11.1. The van der Waals surface area contributed by atoms with E-state index in [0.717, 1.165) is 25.2 Å². The number of hydrogen-bond donors (Lipinski definition) is 1. The number of aryl methyl sites for hydroxylation is 1. The van der Waals surface area contributed by atoms with E-state index >= 15 is 0 Å². The van der Waals surface area contributed by atoms with Gasteiger partial charge in [-0.05, 0) is 31.0 Å². The lowest BCUT2D eigenvalue weighted by Crippen LogP contribution is -2.41. The minimum atomic E-state index is -0.142. The van der Waals surface area contributed by atoms with E-state index in [-0.39, 0.29) is 17.4 Å². The first-order valence-electron chi connectivity index (χ1n) is 7.64. The fraction of sp³-hybridized carbons (Fsp3) is 0.375. The number of anilines is 2. The average molecular weight is 313 g/mol. The van der Waals surface area contributed by atoms with Crippen molar-refractivity contribution in [2.24, 2.45) is 13.0 Å². The van der Waals surface area contributed by atoms with Crippen LogP contribution in [-0.2, 0) is 11.8 Å². The second kappa shape index (κ2) is 6.60. The molecule has 0 spiro atoms. The molecule has 0 aliphatic carbocycles. The van der Waals surface area contributed by atoms with Gasteiger partial charge in [-0.15, -0.1) is 0 Å². The molecule has 3 heterocycles. The van der Waals surface area contributed by atoms with Crippen molar-refractivity contribution in [2.45, 2.75) is 12.8 Å². The predicted molar refractivity (Wildman–Crippen MR) is 87.3 cm³/mol. The molecule has 7 heteroatoms. The Morgan fingerprint density at radius 1 is 1.35 bits per heavy atom. The quantitative estimate of drug-likeness (QED) is 0.915. The third-order valence-corrected chi connectivity index (χ3v) is 3.99. The summed E-state index contributed by atoms with van der Waals surface area (Å²) in [6.07, 6.45) is 5.06. The molecular weight excluding hydrogens is 294 g/mol. The summed E-state index contributed by atoms with van der Waals surface area (Å²) in [5, 5.41) is 7.16. The highest BCUT2D eigenvalue weighted by Crippen LogP contribution is 2.22. The molecule has 1 N–H and O–H groups in total. The maximum atomic E-state index is 12.4. The van der Waals surface area contributed by atoms with Gasteiger partial charge in [0.2, 0.25) is 5.91 Å². The maximum Gasteiger partial charge on any atom is 0.266 e. The molecule has 0 unspecified atom stereocenters. The molecule has 3 rings (SSSR count). The number of hydrogen-bond acceptors (Lipinski definition) is 5. The SMILES string of the molecule is Cn1nc(N2CCC[C@@H](C(=O)Nc3cccnc3)C2)ccc1=O. The molecular formula is C16H19N5O2. The van der Waals surface area contributed by atoms with E-state index in [1.54, 1.807) is 31.6 Å². The second-order valence-electron chi connectivity index (χ2n) is 5.67. The van der Waals surface area contributed by atoms with Gasteiger partial charge in [-0.3, -0.25) is 14.6 Å². The van der Waals surface area contributed by atoms with Gasteiger partial charge in [-0.2, -0.15) is 5.10 Å². The number of carbonyl (C=O) groups is 1. The van der Waals surface area contributed by atoms with Crippen LogP contribution in [0.1, 0.15) is 12.8 Å². The van der Waals surface area contributed by atoms with E-state index < -0.39 is 0 Å². The summed E-state index contributed by atoms with van der Waals surface area (Å²) < 4.78 is 1.31. The van der Waals surface area contributed by atoms with Crippen molar-refractivity contribution in [1.29, 1.82) is 0 Å². The van der Waals surface area contributed by atoms with Gasteiger partial charge in [0.15, 0.2) is 0 Å². The Morgan fingerprint density at radius 3 is 2.96 bits per heavy atom. The zero-order valence-corrected chi connectivity index (χ0v) is 13.0. The molecule has 120 valence electrons. The Kier molecular flexibility index (Phi) is 4.36. The van der Waals surface area contributed by atoms with E-state index in [2.05, 4.69) is 20.3 Å². The van der Waals surface area contributed by atoms with E-state index in [1.165, 1.54) is 10.7 Å². The molecule has 1 fully saturated rings. The van der Waals surface area contributed by atoms with Crippen LogP contribution in [0.25, 0.3) is 0 Å². The third-order valence-electron chi connectivity index (χ3n) is 3.99. The molecule has 1 atom stereocenters. The van der Waals surface area contributed by atoms with E-state index in [4.69, 9.17) is 0 Å². The van der Waals surface area contributed by atoms with Crippen molar-refractivity contribution in [3.63, 3.8) is 0 Å². The normalized spacial score (nSPS) is 17.8. The Morgan fingerprint density at radius 2 is 2.22 bits per heavy atom.